The number of rotatable bonds is 22. The second-order valence-electron chi connectivity index (χ2n) is 15.4. The number of hydrogen-bond donors (Lipinski definition) is 4. The van der Waals surface area contributed by atoms with Gasteiger partial charge in [0.1, 0.15) is 18.2 Å². The Morgan fingerprint density at radius 1 is 0.815 bits per heavy atom. The normalized spacial score (nSPS) is 16.0. The maximum absolute atomic E-state index is 16.1. The van der Waals surface area contributed by atoms with E-state index in [-0.39, 0.29) is 25.6 Å². The number of ether oxygens (including phenoxy) is 2. The lowest BCUT2D eigenvalue weighted by Gasteiger charge is -2.29. The van der Waals surface area contributed by atoms with Gasteiger partial charge in [-0.15, -0.1) is 0 Å². The van der Waals surface area contributed by atoms with Gasteiger partial charge >= 0.3 is 5.97 Å². The first-order valence-electron chi connectivity index (χ1n) is 20.1. The number of benzene rings is 3. The first kappa shape index (κ1) is 43.2. The summed E-state index contributed by atoms with van der Waals surface area (Å²) in [5.41, 5.74) is 6.41. The summed E-state index contributed by atoms with van der Waals surface area (Å²) in [4.78, 5) is 12.0. The van der Waals surface area contributed by atoms with E-state index in [1.807, 2.05) is 24.3 Å². The zero-order valence-corrected chi connectivity index (χ0v) is 32.8. The Morgan fingerprint density at radius 2 is 1.52 bits per heavy atom. The van der Waals surface area contributed by atoms with E-state index in [0.717, 1.165) is 57.7 Å². The number of esters is 1. The minimum atomic E-state index is -1.21. The molecule has 0 radical (unpaired) electrons. The van der Waals surface area contributed by atoms with E-state index in [1.165, 1.54) is 38.5 Å². The number of aliphatic hydroxyl groups is 4. The lowest BCUT2D eigenvalue weighted by molar-refractivity contribution is -0.139. The van der Waals surface area contributed by atoms with Gasteiger partial charge in [-0.2, -0.15) is 0 Å². The number of carbonyl (C=O) groups excluding carboxylic acids is 1. The predicted molar refractivity (Wildman–Crippen MR) is 214 cm³/mol. The maximum Gasteiger partial charge on any atom is 0.333 e. The topological polar surface area (TPSA) is 116 Å². The van der Waals surface area contributed by atoms with E-state index in [4.69, 9.17) is 9.47 Å². The molecule has 0 aromatic heterocycles. The summed E-state index contributed by atoms with van der Waals surface area (Å²) < 4.78 is 27.6. The van der Waals surface area contributed by atoms with E-state index >= 15 is 4.39 Å². The van der Waals surface area contributed by atoms with E-state index < -0.39 is 31.2 Å². The van der Waals surface area contributed by atoms with Crippen molar-refractivity contribution in [1.29, 1.82) is 0 Å². The van der Waals surface area contributed by atoms with Crippen LogP contribution >= 0.6 is 0 Å². The Hall–Kier alpha value is -3.56. The molecule has 1 aliphatic rings. The van der Waals surface area contributed by atoms with Crippen LogP contribution in [0.5, 0.6) is 5.75 Å². The molecule has 1 aliphatic carbocycles. The first-order valence-corrected chi connectivity index (χ1v) is 20.1. The highest BCUT2D eigenvalue weighted by molar-refractivity contribution is 5.86. The van der Waals surface area contributed by atoms with Crippen molar-refractivity contribution in [2.75, 3.05) is 39.6 Å². The molecule has 0 spiro atoms. The summed E-state index contributed by atoms with van der Waals surface area (Å²) in [5, 5.41) is 39.5. The highest BCUT2D eigenvalue weighted by atomic mass is 19.1. The summed E-state index contributed by atoms with van der Waals surface area (Å²) in [6, 6.07) is 15.9. The van der Waals surface area contributed by atoms with Crippen molar-refractivity contribution >= 4 is 5.97 Å². The van der Waals surface area contributed by atoms with Gasteiger partial charge in [-0.1, -0.05) is 76.4 Å². The number of hydrogen-bond acceptors (Lipinski definition) is 7. The molecule has 8 heteroatoms. The summed E-state index contributed by atoms with van der Waals surface area (Å²) >= 11 is 0. The highest BCUT2D eigenvalue weighted by Gasteiger charge is 2.30. The van der Waals surface area contributed by atoms with Gasteiger partial charge in [0.15, 0.2) is 0 Å². The number of aryl methyl sites for hydroxylation is 3. The van der Waals surface area contributed by atoms with Crippen LogP contribution in [0, 0.1) is 17.2 Å². The molecule has 3 aromatic rings. The Bertz CT molecular complexity index is 1650. The van der Waals surface area contributed by atoms with Crippen molar-refractivity contribution in [1.82, 2.24) is 0 Å². The Balaban J connectivity index is 1.66. The van der Waals surface area contributed by atoms with Gasteiger partial charge in [-0.25, -0.2) is 9.18 Å². The van der Waals surface area contributed by atoms with Crippen molar-refractivity contribution in [2.24, 2.45) is 11.3 Å². The smallest absolute Gasteiger partial charge is 0.333 e. The van der Waals surface area contributed by atoms with Gasteiger partial charge in [-0.3, -0.25) is 0 Å². The molecular formula is C46H63FO7. The van der Waals surface area contributed by atoms with Crippen LogP contribution in [0.2, 0.25) is 0 Å². The molecule has 4 N–H and O–H groups in total. The van der Waals surface area contributed by atoms with Crippen LogP contribution < -0.4 is 4.74 Å². The number of carbonyl (C=O) groups is 1. The van der Waals surface area contributed by atoms with Crippen molar-refractivity contribution in [3.05, 3.63) is 88.8 Å². The quantitative estimate of drug-likeness (QED) is 0.0461. The van der Waals surface area contributed by atoms with Crippen LogP contribution in [-0.4, -0.2) is 66.0 Å². The van der Waals surface area contributed by atoms with Gasteiger partial charge in [0.2, 0.25) is 0 Å². The third-order valence-electron chi connectivity index (χ3n) is 11.2. The molecule has 0 amide bonds. The van der Waals surface area contributed by atoms with Crippen molar-refractivity contribution in [3.8, 4) is 28.0 Å². The van der Waals surface area contributed by atoms with Crippen molar-refractivity contribution < 1.29 is 39.1 Å². The minimum Gasteiger partial charge on any atom is -0.492 e. The van der Waals surface area contributed by atoms with Crippen LogP contribution in [0.3, 0.4) is 0 Å². The molecule has 3 aromatic carbocycles. The van der Waals surface area contributed by atoms with E-state index in [1.54, 1.807) is 13.0 Å². The van der Waals surface area contributed by atoms with E-state index in [0.29, 0.717) is 54.9 Å². The fourth-order valence-electron chi connectivity index (χ4n) is 7.60. The molecule has 1 fully saturated rings. The zero-order valence-electron chi connectivity index (χ0n) is 32.8. The summed E-state index contributed by atoms with van der Waals surface area (Å²) in [5.74, 6) is 1.08. The van der Waals surface area contributed by atoms with Crippen LogP contribution in [-0.2, 0) is 28.8 Å². The average molecular weight is 747 g/mol. The highest BCUT2D eigenvalue weighted by Crippen LogP contribution is 2.41. The van der Waals surface area contributed by atoms with Crippen molar-refractivity contribution in [3.63, 3.8) is 0 Å². The fraction of sp³-hybridized carbons (Fsp3) is 0.543. The fourth-order valence-corrected chi connectivity index (χ4v) is 7.60. The van der Waals surface area contributed by atoms with E-state index in [9.17, 15) is 25.2 Å². The van der Waals surface area contributed by atoms with Crippen LogP contribution in [0.4, 0.5) is 4.39 Å². The molecular weight excluding hydrogens is 683 g/mol. The Morgan fingerprint density at radius 3 is 2.15 bits per heavy atom. The summed E-state index contributed by atoms with van der Waals surface area (Å²) in [6.07, 6.45) is 12.7. The lowest BCUT2D eigenvalue weighted by Crippen LogP contribution is -2.39. The molecule has 7 nitrogen and oxygen atoms in total. The third kappa shape index (κ3) is 11.5. The zero-order chi connectivity index (χ0) is 39.1. The second kappa shape index (κ2) is 21.5. The van der Waals surface area contributed by atoms with Crippen LogP contribution in [0.1, 0.15) is 113 Å². The van der Waals surface area contributed by atoms with Gasteiger partial charge < -0.3 is 29.9 Å². The summed E-state index contributed by atoms with van der Waals surface area (Å²) in [7, 11) is 0. The molecule has 0 unspecified atom stereocenters. The average Bonchev–Trinajstić information content (AvgIpc) is 3.19. The largest absolute Gasteiger partial charge is 0.492 e. The van der Waals surface area contributed by atoms with E-state index in [2.05, 4.69) is 38.6 Å². The Kier molecular flexibility index (Phi) is 17.2. The molecule has 54 heavy (non-hydrogen) atoms. The molecule has 0 aliphatic heterocycles. The molecule has 0 saturated heterocycles. The molecule has 4 rings (SSSR count). The lowest BCUT2D eigenvalue weighted by atomic mass is 9.76. The summed E-state index contributed by atoms with van der Waals surface area (Å²) in [6.45, 7) is 8.32. The van der Waals surface area contributed by atoms with Gasteiger partial charge in [0.05, 0.1) is 31.8 Å². The van der Waals surface area contributed by atoms with Crippen LogP contribution in [0.25, 0.3) is 22.3 Å². The number of unbranched alkanes of at least 4 members (excludes halogenated alkanes) is 2. The maximum atomic E-state index is 16.1. The van der Waals surface area contributed by atoms with Gasteiger partial charge in [-0.05, 0) is 134 Å². The molecule has 0 bridgehead atoms. The van der Waals surface area contributed by atoms with Gasteiger partial charge in [0.25, 0.3) is 0 Å². The number of aliphatic hydroxyl groups excluding tert-OH is 4. The standard InChI is InChI=1S/C46H63FO7/c1-5-7-8-11-33-14-16-35(17-15-33)36-18-20-40(43(47)27-36)42-26-37(12-9-22-48)41(25-34(42)6-2)38-19-21-44(54-31-46(28-49,29-50)30-51)39(24-38)13-10-23-53-45(52)32(3)4/h18-21,24-27,33,35,48-51H,3,5-17,22-23,28-31H2,1-2,4H3. The van der Waals surface area contributed by atoms with Crippen LogP contribution in [0.15, 0.2) is 60.7 Å². The molecule has 0 heterocycles. The third-order valence-corrected chi connectivity index (χ3v) is 11.2. The first-order chi connectivity index (χ1) is 26.1. The molecule has 296 valence electrons. The monoisotopic (exact) mass is 746 g/mol. The predicted octanol–water partition coefficient (Wildman–Crippen LogP) is 8.90. The molecule has 0 atom stereocenters. The minimum absolute atomic E-state index is 0.0253. The van der Waals surface area contributed by atoms with Crippen molar-refractivity contribution in [2.45, 2.75) is 110 Å². The molecule has 1 saturated carbocycles. The second-order valence-corrected chi connectivity index (χ2v) is 15.4. The SMILES string of the molecule is C=C(C)C(=O)OCCCc1cc(-c2cc(CC)c(-c3ccc(C4CCC(CCCCC)CC4)cc3F)cc2CCCO)ccc1OCC(CO)(CO)CO. The Labute approximate surface area is 322 Å². The van der Waals surface area contributed by atoms with Gasteiger partial charge in [0, 0.05) is 17.7 Å². The number of halogens is 1.